The van der Waals surface area contributed by atoms with Gasteiger partial charge in [0.05, 0.1) is 5.69 Å². The Bertz CT molecular complexity index is 589. The Kier molecular flexibility index (Phi) is 3.91. The van der Waals surface area contributed by atoms with Crippen LogP contribution in [0.5, 0.6) is 0 Å². The molecule has 1 aromatic carbocycles. The Balaban J connectivity index is 2.31. The molecule has 20 heavy (non-hydrogen) atoms. The number of rotatable bonds is 2. The fraction of sp³-hybridized carbons (Fsp3) is 0.235. The van der Waals surface area contributed by atoms with Gasteiger partial charge in [-0.05, 0) is 35.3 Å². The average molecular weight is 269 g/mol. The van der Waals surface area contributed by atoms with Crippen LogP contribution in [0.15, 0.2) is 65.9 Å². The lowest BCUT2D eigenvalue weighted by Gasteiger charge is -2.23. The van der Waals surface area contributed by atoms with E-state index in [1.54, 1.807) is 18.2 Å². The number of para-hydroxylation sites is 1. The number of carbonyl (C=O) groups is 1. The van der Waals surface area contributed by atoms with Crippen molar-refractivity contribution in [1.29, 1.82) is 0 Å². The number of anilines is 1. The Hall–Kier alpha value is -2.13. The zero-order valence-electron chi connectivity index (χ0n) is 12.0. The molecule has 0 heterocycles. The second-order valence-corrected chi connectivity index (χ2v) is 5.81. The number of ketones is 1. The lowest BCUT2D eigenvalue weighted by Crippen LogP contribution is -2.16. The van der Waals surface area contributed by atoms with Crippen LogP contribution in [0.25, 0.3) is 0 Å². The van der Waals surface area contributed by atoms with Gasteiger partial charge in [-0.3, -0.25) is 10.0 Å². The van der Waals surface area contributed by atoms with Gasteiger partial charge in [0.2, 0.25) is 0 Å². The van der Waals surface area contributed by atoms with Crippen molar-refractivity contribution in [3.63, 3.8) is 0 Å². The van der Waals surface area contributed by atoms with Gasteiger partial charge < -0.3 is 0 Å². The third-order valence-corrected chi connectivity index (χ3v) is 3.16. The summed E-state index contributed by atoms with van der Waals surface area (Å²) in [7, 11) is 0. The van der Waals surface area contributed by atoms with E-state index in [4.69, 9.17) is 0 Å². The molecule has 3 nitrogen and oxygen atoms in total. The second kappa shape index (κ2) is 5.47. The molecule has 0 aromatic heterocycles. The van der Waals surface area contributed by atoms with Crippen LogP contribution in [0.4, 0.5) is 5.69 Å². The van der Waals surface area contributed by atoms with Crippen molar-refractivity contribution in [2.45, 2.75) is 20.8 Å². The summed E-state index contributed by atoms with van der Waals surface area (Å²) >= 11 is 0. The molecule has 0 saturated heterocycles. The topological polar surface area (TPSA) is 40.5 Å². The number of nitrogens with zero attached hydrogens (tertiary/aromatic N) is 1. The standard InChI is InChI=1S/C17H19NO2/c1-17(2,3)14-9-10-16(19)13(11-14)12-18(20)15-7-5-4-6-8-15/h4-12,20H,1-3H3/b13-12+. The molecule has 1 N–H and O–H groups in total. The Morgan fingerprint density at radius 2 is 1.75 bits per heavy atom. The van der Waals surface area contributed by atoms with Gasteiger partial charge in [0.1, 0.15) is 0 Å². The molecule has 3 heteroatoms. The lowest BCUT2D eigenvalue weighted by molar-refractivity contribution is -0.111. The molecule has 0 unspecified atom stereocenters. The SMILES string of the molecule is CC(C)(C)C1=C/C(=C\N(O)c2ccccc2)C(=O)C=C1. The minimum absolute atomic E-state index is 0.0384. The van der Waals surface area contributed by atoms with Crippen molar-refractivity contribution >= 4 is 11.5 Å². The molecule has 0 atom stereocenters. The van der Waals surface area contributed by atoms with Gasteiger partial charge >= 0.3 is 0 Å². The molecule has 1 aromatic rings. The fourth-order valence-corrected chi connectivity index (χ4v) is 1.90. The van der Waals surface area contributed by atoms with Crippen LogP contribution in [-0.2, 0) is 4.79 Å². The van der Waals surface area contributed by atoms with Gasteiger partial charge in [-0.25, -0.2) is 5.06 Å². The molecule has 0 spiro atoms. The van der Waals surface area contributed by atoms with Gasteiger partial charge in [-0.15, -0.1) is 0 Å². The summed E-state index contributed by atoms with van der Waals surface area (Å²) in [6.45, 7) is 6.26. The summed E-state index contributed by atoms with van der Waals surface area (Å²) in [5.74, 6) is -0.104. The predicted molar refractivity (Wildman–Crippen MR) is 80.5 cm³/mol. The third-order valence-electron chi connectivity index (χ3n) is 3.16. The van der Waals surface area contributed by atoms with Crippen LogP contribution >= 0.6 is 0 Å². The van der Waals surface area contributed by atoms with Crippen LogP contribution in [-0.4, -0.2) is 11.0 Å². The predicted octanol–water partition coefficient (Wildman–Crippen LogP) is 3.88. The number of hydrogen-bond donors (Lipinski definition) is 1. The molecule has 0 saturated carbocycles. The molecule has 2 rings (SSSR count). The lowest BCUT2D eigenvalue weighted by atomic mass is 9.82. The monoisotopic (exact) mass is 269 g/mol. The average Bonchev–Trinajstić information content (AvgIpc) is 2.41. The minimum atomic E-state index is -0.104. The summed E-state index contributed by atoms with van der Waals surface area (Å²) in [5.41, 5.74) is 2.12. The van der Waals surface area contributed by atoms with E-state index >= 15 is 0 Å². The van der Waals surface area contributed by atoms with Crippen molar-refractivity contribution in [3.05, 3.63) is 65.9 Å². The number of allylic oxidation sites excluding steroid dienone is 5. The molecule has 104 valence electrons. The largest absolute Gasteiger partial charge is 0.289 e. The minimum Gasteiger partial charge on any atom is -0.289 e. The smallest absolute Gasteiger partial charge is 0.187 e. The molecule has 0 bridgehead atoms. The maximum atomic E-state index is 11.9. The van der Waals surface area contributed by atoms with E-state index < -0.39 is 0 Å². The van der Waals surface area contributed by atoms with Crippen molar-refractivity contribution in [3.8, 4) is 0 Å². The molecular formula is C17H19NO2. The third kappa shape index (κ3) is 3.25. The van der Waals surface area contributed by atoms with E-state index in [0.29, 0.717) is 11.3 Å². The van der Waals surface area contributed by atoms with E-state index in [1.165, 1.54) is 6.20 Å². The van der Waals surface area contributed by atoms with Crippen LogP contribution < -0.4 is 5.06 Å². The fourth-order valence-electron chi connectivity index (χ4n) is 1.90. The maximum Gasteiger partial charge on any atom is 0.187 e. The van der Waals surface area contributed by atoms with Crippen LogP contribution in [0, 0.1) is 5.41 Å². The van der Waals surface area contributed by atoms with Gasteiger partial charge in [-0.2, -0.15) is 0 Å². The quantitative estimate of drug-likeness (QED) is 0.654. The molecule has 0 fully saturated rings. The van der Waals surface area contributed by atoms with E-state index in [1.807, 2.05) is 30.4 Å². The number of carbonyl (C=O) groups excluding carboxylic acids is 1. The summed E-state index contributed by atoms with van der Waals surface area (Å²) in [5, 5.41) is 11.0. The number of benzene rings is 1. The Labute approximate surface area is 119 Å². The summed E-state index contributed by atoms with van der Waals surface area (Å²) in [4.78, 5) is 11.9. The van der Waals surface area contributed by atoms with Crippen LogP contribution in [0.2, 0.25) is 0 Å². The van der Waals surface area contributed by atoms with E-state index in [-0.39, 0.29) is 11.2 Å². The Morgan fingerprint density at radius 3 is 2.35 bits per heavy atom. The van der Waals surface area contributed by atoms with Crippen LogP contribution in [0.3, 0.4) is 0 Å². The normalized spacial score (nSPS) is 17.3. The molecule has 1 aliphatic carbocycles. The second-order valence-electron chi connectivity index (χ2n) is 5.81. The number of hydrogen-bond acceptors (Lipinski definition) is 3. The van der Waals surface area contributed by atoms with Gasteiger partial charge in [0, 0.05) is 11.8 Å². The van der Waals surface area contributed by atoms with Crippen molar-refractivity contribution in [2.75, 3.05) is 5.06 Å². The molecule has 0 aliphatic heterocycles. The summed E-state index contributed by atoms with van der Waals surface area (Å²) in [6, 6.07) is 9.08. The van der Waals surface area contributed by atoms with Crippen molar-refractivity contribution < 1.29 is 10.0 Å². The summed E-state index contributed by atoms with van der Waals surface area (Å²) in [6.07, 6.45) is 6.66. The van der Waals surface area contributed by atoms with E-state index in [2.05, 4.69) is 20.8 Å². The first-order valence-corrected chi connectivity index (χ1v) is 6.57. The van der Waals surface area contributed by atoms with Gasteiger partial charge in [0.25, 0.3) is 0 Å². The zero-order chi connectivity index (χ0) is 14.8. The number of hydroxylamine groups is 1. The van der Waals surface area contributed by atoms with Gasteiger partial charge in [0.15, 0.2) is 5.78 Å². The first-order valence-electron chi connectivity index (χ1n) is 6.57. The van der Waals surface area contributed by atoms with E-state index in [9.17, 15) is 10.0 Å². The van der Waals surface area contributed by atoms with Crippen molar-refractivity contribution in [2.24, 2.45) is 5.41 Å². The maximum absolute atomic E-state index is 11.9. The first kappa shape index (κ1) is 14.3. The highest BCUT2D eigenvalue weighted by atomic mass is 16.5. The molecule has 0 amide bonds. The highest BCUT2D eigenvalue weighted by molar-refractivity contribution is 6.08. The summed E-state index contributed by atoms with van der Waals surface area (Å²) < 4.78 is 0. The molecular weight excluding hydrogens is 250 g/mol. The highest BCUT2D eigenvalue weighted by Gasteiger charge is 2.20. The van der Waals surface area contributed by atoms with Crippen LogP contribution in [0.1, 0.15) is 20.8 Å². The zero-order valence-corrected chi connectivity index (χ0v) is 12.0. The Morgan fingerprint density at radius 1 is 1.10 bits per heavy atom. The molecule has 0 radical (unpaired) electrons. The van der Waals surface area contributed by atoms with Gasteiger partial charge in [-0.1, -0.05) is 45.0 Å². The van der Waals surface area contributed by atoms with Crippen molar-refractivity contribution in [1.82, 2.24) is 0 Å². The first-order chi connectivity index (χ1) is 9.38. The molecule has 1 aliphatic rings. The highest BCUT2D eigenvalue weighted by Crippen LogP contribution is 2.30. The van der Waals surface area contributed by atoms with E-state index in [0.717, 1.165) is 10.6 Å².